The molecule has 7 nitrogen and oxygen atoms in total. The van der Waals surface area contributed by atoms with Gasteiger partial charge in [0.05, 0.1) is 10.3 Å². The van der Waals surface area contributed by atoms with Gasteiger partial charge in [0.2, 0.25) is 10.0 Å². The van der Waals surface area contributed by atoms with Crippen LogP contribution < -0.4 is 9.62 Å². The Bertz CT molecular complexity index is 1110. The summed E-state index contributed by atoms with van der Waals surface area (Å²) in [6.07, 6.45) is 5.52. The molecule has 1 unspecified atom stereocenters. The van der Waals surface area contributed by atoms with E-state index in [1.807, 2.05) is 31.3 Å². The van der Waals surface area contributed by atoms with Crippen LogP contribution in [0, 0.1) is 18.8 Å². The lowest BCUT2D eigenvalue weighted by molar-refractivity contribution is 0.330. The summed E-state index contributed by atoms with van der Waals surface area (Å²) in [5.74, 6) is 1.49. The van der Waals surface area contributed by atoms with Gasteiger partial charge in [0, 0.05) is 25.3 Å². The monoisotopic (exact) mass is 397 g/mol. The summed E-state index contributed by atoms with van der Waals surface area (Å²) in [5, 5.41) is 1.01. The number of hydrogen-bond acceptors (Lipinski definition) is 5. The predicted molar refractivity (Wildman–Crippen MR) is 108 cm³/mol. The molecule has 2 fully saturated rings. The second-order valence-electron chi connectivity index (χ2n) is 7.85. The Morgan fingerprint density at radius 2 is 1.86 bits per heavy atom. The van der Waals surface area contributed by atoms with E-state index >= 15 is 0 Å². The number of rotatable bonds is 4. The molecule has 1 saturated heterocycles. The zero-order chi connectivity index (χ0) is 19.3. The zero-order valence-electron chi connectivity index (χ0n) is 15.7. The molecule has 2 aliphatic rings. The maximum absolute atomic E-state index is 13.0. The van der Waals surface area contributed by atoms with Crippen LogP contribution in [0.1, 0.15) is 18.4 Å². The van der Waals surface area contributed by atoms with Crippen molar-refractivity contribution in [3.63, 3.8) is 0 Å². The average Bonchev–Trinajstić information content (AvgIpc) is 3.23. The van der Waals surface area contributed by atoms with E-state index in [2.05, 4.69) is 24.6 Å². The van der Waals surface area contributed by atoms with E-state index in [-0.39, 0.29) is 17.9 Å². The van der Waals surface area contributed by atoms with E-state index in [0.29, 0.717) is 4.90 Å². The van der Waals surface area contributed by atoms with Gasteiger partial charge in [0.25, 0.3) is 0 Å². The highest BCUT2D eigenvalue weighted by molar-refractivity contribution is 7.89. The van der Waals surface area contributed by atoms with Crippen molar-refractivity contribution in [2.45, 2.75) is 30.7 Å². The number of H-pyrrole nitrogens is 1. The first-order valence-corrected chi connectivity index (χ1v) is 11.1. The fourth-order valence-corrected chi connectivity index (χ4v) is 6.42. The van der Waals surface area contributed by atoms with Crippen molar-refractivity contribution in [1.29, 1.82) is 0 Å². The minimum absolute atomic E-state index is 0.0237. The van der Waals surface area contributed by atoms with E-state index in [0.717, 1.165) is 48.3 Å². The molecule has 1 aromatic carbocycles. The molecule has 3 aromatic rings. The number of benzene rings is 1. The summed E-state index contributed by atoms with van der Waals surface area (Å²) < 4.78 is 29.0. The molecule has 0 amide bonds. The fraction of sp³-hybridized carbons (Fsp3) is 0.400. The van der Waals surface area contributed by atoms with Crippen LogP contribution in [0.4, 0.5) is 5.82 Å². The molecule has 28 heavy (non-hydrogen) atoms. The number of nitrogens with one attached hydrogen (secondary N) is 2. The Labute approximate surface area is 164 Å². The first-order chi connectivity index (χ1) is 13.5. The molecule has 8 heteroatoms. The lowest BCUT2D eigenvalue weighted by Gasteiger charge is -2.39. The van der Waals surface area contributed by atoms with Gasteiger partial charge in [-0.25, -0.2) is 23.1 Å². The van der Waals surface area contributed by atoms with Crippen LogP contribution in [-0.4, -0.2) is 42.5 Å². The standard InChI is InChI=1S/C20H23N5O2S/c1-13-4-2-3-5-17(13)28(26,27)24-18-14-6-7-15(18)11-25(10-14)20-16-8-9-21-19(16)22-12-23-20/h2-5,8-9,12,14-15,18,24H,6-7,10-11H2,1H3,(H,21,22,23)/t14-,15+,18?. The topological polar surface area (TPSA) is 91.0 Å². The zero-order valence-corrected chi connectivity index (χ0v) is 16.5. The lowest BCUT2D eigenvalue weighted by atomic mass is 9.93. The highest BCUT2D eigenvalue weighted by atomic mass is 32.2. The first kappa shape index (κ1) is 17.6. The largest absolute Gasteiger partial charge is 0.355 e. The second-order valence-corrected chi connectivity index (χ2v) is 9.53. The van der Waals surface area contributed by atoms with Crippen LogP contribution in [0.5, 0.6) is 0 Å². The Balaban J connectivity index is 1.39. The van der Waals surface area contributed by atoms with Crippen LogP contribution in [0.25, 0.3) is 11.0 Å². The van der Waals surface area contributed by atoms with E-state index in [1.54, 1.807) is 18.5 Å². The number of nitrogens with zero attached hydrogens (tertiary/aromatic N) is 3. The molecule has 0 spiro atoms. The van der Waals surface area contributed by atoms with Crippen molar-refractivity contribution in [3.05, 3.63) is 48.4 Å². The first-order valence-electron chi connectivity index (χ1n) is 9.64. The lowest BCUT2D eigenvalue weighted by Crippen LogP contribution is -2.52. The van der Waals surface area contributed by atoms with E-state index in [1.165, 1.54) is 0 Å². The molecular formula is C20H23N5O2S. The van der Waals surface area contributed by atoms with E-state index in [4.69, 9.17) is 0 Å². The van der Waals surface area contributed by atoms with E-state index < -0.39 is 10.0 Å². The van der Waals surface area contributed by atoms with E-state index in [9.17, 15) is 8.42 Å². The quantitative estimate of drug-likeness (QED) is 0.706. The summed E-state index contributed by atoms with van der Waals surface area (Å²) in [4.78, 5) is 14.6. The number of aryl methyl sites for hydroxylation is 1. The number of aromatic amines is 1. The third kappa shape index (κ3) is 2.87. The molecule has 2 N–H and O–H groups in total. The van der Waals surface area contributed by atoms with Gasteiger partial charge in [0.15, 0.2) is 0 Å². The second kappa shape index (κ2) is 6.56. The van der Waals surface area contributed by atoms with Gasteiger partial charge in [-0.1, -0.05) is 18.2 Å². The molecule has 1 aliphatic carbocycles. The van der Waals surface area contributed by atoms with Crippen LogP contribution in [0.15, 0.2) is 47.8 Å². The number of anilines is 1. The van der Waals surface area contributed by atoms with Crippen LogP contribution >= 0.6 is 0 Å². The molecule has 2 aromatic heterocycles. The van der Waals surface area contributed by atoms with Gasteiger partial charge in [-0.2, -0.15) is 0 Å². The normalized spacial score (nSPS) is 24.8. The number of sulfonamides is 1. The maximum atomic E-state index is 13.0. The molecule has 3 heterocycles. The molecule has 0 radical (unpaired) electrons. The van der Waals surface area contributed by atoms with Crippen LogP contribution in [0.2, 0.25) is 0 Å². The number of fused-ring (bicyclic) bond motifs is 3. The molecule has 1 aliphatic heterocycles. The molecule has 1 saturated carbocycles. The van der Waals surface area contributed by atoms with Gasteiger partial charge < -0.3 is 9.88 Å². The maximum Gasteiger partial charge on any atom is 0.241 e. The minimum Gasteiger partial charge on any atom is -0.355 e. The highest BCUT2D eigenvalue weighted by Gasteiger charge is 2.44. The van der Waals surface area contributed by atoms with Gasteiger partial charge in [-0.05, 0) is 49.3 Å². The molecule has 146 valence electrons. The molecular weight excluding hydrogens is 374 g/mol. The summed E-state index contributed by atoms with van der Waals surface area (Å²) in [6.45, 7) is 3.44. The smallest absolute Gasteiger partial charge is 0.241 e. The van der Waals surface area contributed by atoms with Crippen molar-refractivity contribution in [2.24, 2.45) is 11.8 Å². The van der Waals surface area contributed by atoms with Crippen molar-refractivity contribution < 1.29 is 8.42 Å². The molecule has 2 bridgehead atoms. The van der Waals surface area contributed by atoms with Crippen molar-refractivity contribution in [3.8, 4) is 0 Å². The predicted octanol–water partition coefficient (Wildman–Crippen LogP) is 2.46. The Hall–Kier alpha value is -2.45. The summed E-state index contributed by atoms with van der Waals surface area (Å²) in [7, 11) is -3.52. The van der Waals surface area contributed by atoms with Gasteiger partial charge in [0.1, 0.15) is 17.8 Å². The average molecular weight is 398 g/mol. The SMILES string of the molecule is Cc1ccccc1S(=O)(=O)NC1[C@@H]2CC[C@H]1CN(c1ncnc3[nH]ccc13)C2. The summed E-state index contributed by atoms with van der Waals surface area (Å²) in [5.41, 5.74) is 1.61. The third-order valence-corrected chi connectivity index (χ3v) is 7.76. The number of hydrogen-bond donors (Lipinski definition) is 2. The fourth-order valence-electron chi connectivity index (χ4n) is 4.80. The third-order valence-electron chi connectivity index (χ3n) is 6.14. The summed E-state index contributed by atoms with van der Waals surface area (Å²) in [6, 6.07) is 9.13. The van der Waals surface area contributed by atoms with Crippen LogP contribution in [0.3, 0.4) is 0 Å². The van der Waals surface area contributed by atoms with Gasteiger partial charge in [-0.3, -0.25) is 0 Å². The van der Waals surface area contributed by atoms with Crippen molar-refractivity contribution in [1.82, 2.24) is 19.7 Å². The molecule has 5 rings (SSSR count). The number of piperidine rings is 1. The Kier molecular flexibility index (Phi) is 4.13. The van der Waals surface area contributed by atoms with Gasteiger partial charge in [-0.15, -0.1) is 0 Å². The van der Waals surface area contributed by atoms with Crippen LogP contribution in [-0.2, 0) is 10.0 Å². The summed E-state index contributed by atoms with van der Waals surface area (Å²) >= 11 is 0. The molecule has 3 atom stereocenters. The van der Waals surface area contributed by atoms with Crippen molar-refractivity contribution in [2.75, 3.05) is 18.0 Å². The Morgan fingerprint density at radius 3 is 2.61 bits per heavy atom. The minimum atomic E-state index is -3.52. The van der Waals surface area contributed by atoms with Crippen molar-refractivity contribution >= 4 is 26.9 Å². The number of aromatic nitrogens is 3. The highest BCUT2D eigenvalue weighted by Crippen LogP contribution is 2.40. The Morgan fingerprint density at radius 1 is 1.11 bits per heavy atom. The van der Waals surface area contributed by atoms with Gasteiger partial charge >= 0.3 is 0 Å².